The number of carbonyl (C=O) groups is 2. The maximum Gasteiger partial charge on any atom is 0.329 e. The molecule has 6 heteroatoms. The lowest BCUT2D eigenvalue weighted by atomic mass is 9.83. The van der Waals surface area contributed by atoms with Crippen LogP contribution in [-0.4, -0.2) is 34.1 Å². The van der Waals surface area contributed by atoms with Crippen LogP contribution in [0.15, 0.2) is 12.1 Å². The zero-order valence-corrected chi connectivity index (χ0v) is 15.7. The number of hydrogen-bond donors (Lipinski definition) is 2. The van der Waals surface area contributed by atoms with Gasteiger partial charge in [-0.05, 0) is 55.9 Å². The van der Waals surface area contributed by atoms with Crippen LogP contribution in [0, 0.1) is 11.8 Å². The van der Waals surface area contributed by atoms with Gasteiger partial charge in [0.05, 0.1) is 6.61 Å². The van der Waals surface area contributed by atoms with Crippen molar-refractivity contribution in [2.24, 2.45) is 11.8 Å². The molecule has 1 unspecified atom stereocenters. The van der Waals surface area contributed by atoms with Crippen molar-refractivity contribution in [3.05, 3.63) is 23.4 Å². The molecule has 2 aliphatic carbocycles. The molecule has 0 spiro atoms. The highest BCUT2D eigenvalue weighted by Gasteiger charge is 2.42. The van der Waals surface area contributed by atoms with Crippen LogP contribution in [0.2, 0.25) is 0 Å². The van der Waals surface area contributed by atoms with E-state index in [9.17, 15) is 14.7 Å². The van der Waals surface area contributed by atoms with Crippen LogP contribution < -0.4 is 10.1 Å². The van der Waals surface area contributed by atoms with E-state index in [1.54, 1.807) is 26.8 Å². The zero-order chi connectivity index (χ0) is 18.9. The third kappa shape index (κ3) is 3.84. The van der Waals surface area contributed by atoms with Crippen molar-refractivity contribution >= 4 is 11.9 Å². The third-order valence-corrected chi connectivity index (χ3v) is 5.55. The van der Waals surface area contributed by atoms with E-state index in [4.69, 9.17) is 4.74 Å². The molecule has 26 heavy (non-hydrogen) atoms. The molecule has 1 atom stereocenters. The van der Waals surface area contributed by atoms with Gasteiger partial charge in [0.25, 0.3) is 5.91 Å². The largest absolute Gasteiger partial charge is 0.479 e. The fourth-order valence-electron chi connectivity index (χ4n) is 3.24. The van der Waals surface area contributed by atoms with Gasteiger partial charge in [-0.2, -0.15) is 0 Å². The second-order valence-electron chi connectivity index (χ2n) is 7.86. The summed E-state index contributed by atoms with van der Waals surface area (Å²) in [6, 6.07) is 3.58. The van der Waals surface area contributed by atoms with Gasteiger partial charge in [0.15, 0.2) is 0 Å². The molecule has 142 valence electrons. The molecule has 2 aliphatic rings. The second-order valence-corrected chi connectivity index (χ2v) is 7.86. The number of nitrogens with zero attached hydrogens (tertiary/aromatic N) is 1. The Bertz CT molecular complexity index is 695. The Morgan fingerprint density at radius 2 is 2.00 bits per heavy atom. The van der Waals surface area contributed by atoms with E-state index in [1.807, 2.05) is 6.07 Å². The molecule has 0 aromatic carbocycles. The highest BCUT2D eigenvalue weighted by molar-refractivity contribution is 5.96. The van der Waals surface area contributed by atoms with E-state index in [0.717, 1.165) is 18.4 Å². The zero-order valence-electron chi connectivity index (χ0n) is 15.7. The Balaban J connectivity index is 1.81. The van der Waals surface area contributed by atoms with Crippen LogP contribution in [-0.2, 0) is 4.79 Å². The average molecular weight is 360 g/mol. The number of hydrogen-bond acceptors (Lipinski definition) is 4. The highest BCUT2D eigenvalue weighted by atomic mass is 16.5. The van der Waals surface area contributed by atoms with Crippen LogP contribution in [0.1, 0.15) is 74.8 Å². The minimum Gasteiger partial charge on any atom is -0.479 e. The Labute approximate surface area is 154 Å². The topological polar surface area (TPSA) is 88.5 Å². The number of carboxylic acid groups (broad SMARTS) is 1. The number of pyridine rings is 1. The molecule has 6 nitrogen and oxygen atoms in total. The predicted molar refractivity (Wildman–Crippen MR) is 97.4 cm³/mol. The first-order valence-corrected chi connectivity index (χ1v) is 9.57. The molecule has 2 saturated carbocycles. The maximum absolute atomic E-state index is 12.7. The summed E-state index contributed by atoms with van der Waals surface area (Å²) >= 11 is 0. The van der Waals surface area contributed by atoms with Crippen molar-refractivity contribution in [3.8, 4) is 5.88 Å². The summed E-state index contributed by atoms with van der Waals surface area (Å²) in [6.07, 6.45) is 4.92. The van der Waals surface area contributed by atoms with Crippen LogP contribution in [0.25, 0.3) is 0 Å². The van der Waals surface area contributed by atoms with Crippen LogP contribution >= 0.6 is 0 Å². The highest BCUT2D eigenvalue weighted by Crippen LogP contribution is 2.44. The minimum atomic E-state index is -1.30. The van der Waals surface area contributed by atoms with Crippen LogP contribution in [0.5, 0.6) is 5.88 Å². The van der Waals surface area contributed by atoms with E-state index in [2.05, 4.69) is 10.3 Å². The third-order valence-electron chi connectivity index (χ3n) is 5.55. The van der Waals surface area contributed by atoms with Gasteiger partial charge in [-0.25, -0.2) is 9.78 Å². The number of nitrogens with one attached hydrogen (secondary N) is 1. The van der Waals surface area contributed by atoms with Gasteiger partial charge in [-0.1, -0.05) is 26.8 Å². The average Bonchev–Trinajstić information content (AvgIpc) is 3.49. The van der Waals surface area contributed by atoms with Gasteiger partial charge in [0, 0.05) is 5.56 Å². The maximum atomic E-state index is 12.7. The number of ether oxygens (including phenoxy) is 1. The summed E-state index contributed by atoms with van der Waals surface area (Å²) in [5, 5.41) is 12.4. The molecule has 0 saturated heterocycles. The Morgan fingerprint density at radius 1 is 1.31 bits per heavy atom. The summed E-state index contributed by atoms with van der Waals surface area (Å²) < 4.78 is 5.90. The van der Waals surface area contributed by atoms with Crippen molar-refractivity contribution in [1.29, 1.82) is 0 Å². The SMILES string of the molecule is CCC(NC(=O)c1ccc(C2CC2)c(OCC2CC2)n1)(C(=O)O)C(C)C. The van der Waals surface area contributed by atoms with Crippen LogP contribution in [0.3, 0.4) is 0 Å². The van der Waals surface area contributed by atoms with Crippen LogP contribution in [0.4, 0.5) is 0 Å². The summed E-state index contributed by atoms with van der Waals surface area (Å²) in [4.78, 5) is 29.0. The van der Waals surface area contributed by atoms with Crippen molar-refractivity contribution in [2.45, 2.75) is 64.3 Å². The van der Waals surface area contributed by atoms with Crippen molar-refractivity contribution in [1.82, 2.24) is 10.3 Å². The standard InChI is InChI=1S/C20H28N2O4/c1-4-20(12(2)3,19(24)25)22-17(23)16-10-9-15(14-7-8-14)18(21-16)26-11-13-5-6-13/h9-10,12-14H,4-8,11H2,1-3H3,(H,22,23)(H,24,25). The molecular formula is C20H28N2O4. The van der Waals surface area contributed by atoms with Gasteiger partial charge in [-0.15, -0.1) is 0 Å². The number of rotatable bonds is 9. The molecule has 1 aromatic heterocycles. The number of aromatic nitrogens is 1. The first-order chi connectivity index (χ1) is 12.4. The van der Waals surface area contributed by atoms with E-state index in [0.29, 0.717) is 30.7 Å². The Kier molecular flexibility index (Phi) is 5.21. The predicted octanol–water partition coefficient (Wildman–Crippen LogP) is 3.37. The van der Waals surface area contributed by atoms with Gasteiger partial charge >= 0.3 is 5.97 Å². The lowest BCUT2D eigenvalue weighted by Gasteiger charge is -2.33. The lowest BCUT2D eigenvalue weighted by Crippen LogP contribution is -2.57. The van der Waals surface area contributed by atoms with E-state index >= 15 is 0 Å². The smallest absolute Gasteiger partial charge is 0.329 e. The number of carboxylic acids is 1. The Morgan fingerprint density at radius 3 is 2.50 bits per heavy atom. The quantitative estimate of drug-likeness (QED) is 0.705. The summed E-state index contributed by atoms with van der Waals surface area (Å²) in [7, 11) is 0. The molecule has 3 rings (SSSR count). The monoisotopic (exact) mass is 360 g/mol. The minimum absolute atomic E-state index is 0.208. The number of aliphatic carboxylic acids is 1. The molecule has 2 fully saturated rings. The summed E-state index contributed by atoms with van der Waals surface area (Å²) in [5.74, 6) is -0.135. The number of amides is 1. The van der Waals surface area contributed by atoms with Crippen molar-refractivity contribution in [3.63, 3.8) is 0 Å². The molecule has 1 aromatic rings. The fourth-order valence-corrected chi connectivity index (χ4v) is 3.24. The molecular weight excluding hydrogens is 332 g/mol. The molecule has 1 heterocycles. The summed E-state index contributed by atoms with van der Waals surface area (Å²) in [6.45, 7) is 6.00. The Hall–Kier alpha value is -2.11. The molecule has 0 bridgehead atoms. The van der Waals surface area contributed by atoms with Crippen molar-refractivity contribution < 1.29 is 19.4 Å². The second kappa shape index (κ2) is 7.25. The molecule has 1 amide bonds. The van der Waals surface area contributed by atoms with Gasteiger partial charge in [-0.3, -0.25) is 4.79 Å². The summed E-state index contributed by atoms with van der Waals surface area (Å²) in [5.41, 5.74) is -0.0332. The van der Waals surface area contributed by atoms with Gasteiger partial charge in [0.2, 0.25) is 5.88 Å². The first-order valence-electron chi connectivity index (χ1n) is 9.57. The van der Waals surface area contributed by atoms with E-state index < -0.39 is 17.4 Å². The molecule has 0 radical (unpaired) electrons. The first kappa shape index (κ1) is 18.7. The molecule has 0 aliphatic heterocycles. The molecule has 2 N–H and O–H groups in total. The lowest BCUT2D eigenvalue weighted by molar-refractivity contribution is -0.146. The fraction of sp³-hybridized carbons (Fsp3) is 0.650. The van der Waals surface area contributed by atoms with E-state index in [1.165, 1.54) is 12.8 Å². The van der Waals surface area contributed by atoms with Gasteiger partial charge in [0.1, 0.15) is 11.2 Å². The van der Waals surface area contributed by atoms with E-state index in [-0.39, 0.29) is 11.6 Å². The number of carbonyl (C=O) groups excluding carboxylic acids is 1. The van der Waals surface area contributed by atoms with Crippen molar-refractivity contribution in [2.75, 3.05) is 6.61 Å². The van der Waals surface area contributed by atoms with Gasteiger partial charge < -0.3 is 15.2 Å². The normalized spacial score (nSPS) is 19.1.